The first-order valence-corrected chi connectivity index (χ1v) is 8.50. The molecular weight excluding hydrogens is 271 g/mol. The molecule has 1 atom stereocenters. The van der Waals surface area contributed by atoms with Crippen molar-refractivity contribution in [3.05, 3.63) is 30.3 Å². The first kappa shape index (κ1) is 11.8. The fourth-order valence-electron chi connectivity index (χ4n) is 1.67. The molecule has 1 aliphatic rings. The van der Waals surface area contributed by atoms with E-state index in [4.69, 9.17) is 4.52 Å². The van der Waals surface area contributed by atoms with Crippen molar-refractivity contribution in [1.29, 1.82) is 0 Å². The van der Waals surface area contributed by atoms with Crippen LogP contribution in [0, 0.1) is 0 Å². The van der Waals surface area contributed by atoms with Crippen LogP contribution >= 0.6 is 18.1 Å². The number of fused-ring (bicyclic) bond motifs is 1. The molecule has 0 saturated carbocycles. The third-order valence-electron chi connectivity index (χ3n) is 2.39. The molecule has 0 amide bonds. The highest BCUT2D eigenvalue weighted by Crippen LogP contribution is 2.64. The van der Waals surface area contributed by atoms with Gasteiger partial charge in [0, 0.05) is 16.9 Å². The molecule has 6 nitrogen and oxygen atoms in total. The van der Waals surface area contributed by atoms with E-state index in [9.17, 15) is 4.57 Å². The number of nitrogens with zero attached hydrogens (tertiary/aromatic N) is 3. The Morgan fingerprint density at radius 1 is 1.39 bits per heavy atom. The van der Waals surface area contributed by atoms with Crippen molar-refractivity contribution < 1.29 is 9.09 Å². The lowest BCUT2D eigenvalue weighted by molar-refractivity contribution is 0.347. The summed E-state index contributed by atoms with van der Waals surface area (Å²) < 4.78 is 19.1. The van der Waals surface area contributed by atoms with Crippen LogP contribution in [0.1, 0.15) is 6.92 Å². The Hall–Kier alpha value is -1.30. The first-order chi connectivity index (χ1) is 8.72. The maximum Gasteiger partial charge on any atom is 0.372 e. The Kier molecular flexibility index (Phi) is 2.89. The van der Waals surface area contributed by atoms with Gasteiger partial charge >= 0.3 is 6.72 Å². The van der Waals surface area contributed by atoms with Gasteiger partial charge in [0.25, 0.3) is 0 Å². The van der Waals surface area contributed by atoms with Crippen LogP contribution in [0.5, 0.6) is 0 Å². The number of hydrogen-bond donors (Lipinski definition) is 1. The summed E-state index contributed by atoms with van der Waals surface area (Å²) in [5, 5.41) is 11.5. The summed E-state index contributed by atoms with van der Waals surface area (Å²) in [5.41, 5.74) is 0.911. The van der Waals surface area contributed by atoms with Crippen molar-refractivity contribution >= 4 is 18.1 Å². The summed E-state index contributed by atoms with van der Waals surface area (Å²) in [6, 6.07) is 9.61. The molecule has 8 heteroatoms. The van der Waals surface area contributed by atoms with Crippen LogP contribution in [-0.4, -0.2) is 21.5 Å². The number of nitrogens with one attached hydrogen (secondary N) is 1. The number of benzene rings is 1. The van der Waals surface area contributed by atoms with Crippen molar-refractivity contribution in [2.75, 3.05) is 11.8 Å². The Morgan fingerprint density at radius 3 is 2.89 bits per heavy atom. The van der Waals surface area contributed by atoms with E-state index < -0.39 is 6.72 Å². The second-order valence-electron chi connectivity index (χ2n) is 3.61. The normalized spacial score (nSPS) is 21.6. The van der Waals surface area contributed by atoms with Gasteiger partial charge in [0.2, 0.25) is 5.16 Å². The summed E-state index contributed by atoms with van der Waals surface area (Å²) in [6.45, 7) is -0.734. The van der Waals surface area contributed by atoms with Crippen molar-refractivity contribution in [3.63, 3.8) is 0 Å². The molecule has 0 fully saturated rings. The van der Waals surface area contributed by atoms with Gasteiger partial charge in [-0.3, -0.25) is 4.57 Å². The van der Waals surface area contributed by atoms with E-state index in [0.717, 1.165) is 16.9 Å². The summed E-state index contributed by atoms with van der Waals surface area (Å²) in [6.07, 6.45) is 0. The molecule has 2 heterocycles. The maximum absolute atomic E-state index is 12.3. The molecule has 0 aliphatic carbocycles. The fourth-order valence-corrected chi connectivity index (χ4v) is 5.01. The highest BCUT2D eigenvalue weighted by Gasteiger charge is 2.37. The Bertz CT molecular complexity index is 616. The van der Waals surface area contributed by atoms with Gasteiger partial charge in [0.05, 0.1) is 6.61 Å². The van der Waals surface area contributed by atoms with Gasteiger partial charge < -0.3 is 4.52 Å². The Labute approximate surface area is 108 Å². The first-order valence-electron chi connectivity index (χ1n) is 5.45. The smallest absolute Gasteiger partial charge is 0.305 e. The predicted molar refractivity (Wildman–Crippen MR) is 69.9 cm³/mol. The molecule has 18 heavy (non-hydrogen) atoms. The zero-order valence-corrected chi connectivity index (χ0v) is 11.3. The van der Waals surface area contributed by atoms with Gasteiger partial charge in [-0.1, -0.05) is 30.3 Å². The van der Waals surface area contributed by atoms with Gasteiger partial charge in [-0.15, -0.1) is 10.2 Å². The average Bonchev–Trinajstić information content (AvgIpc) is 2.87. The van der Waals surface area contributed by atoms with Gasteiger partial charge in [-0.05, 0) is 6.92 Å². The highest BCUT2D eigenvalue weighted by atomic mass is 32.7. The van der Waals surface area contributed by atoms with Crippen molar-refractivity contribution in [2.45, 2.75) is 12.1 Å². The maximum atomic E-state index is 12.3. The van der Waals surface area contributed by atoms with E-state index in [1.807, 2.05) is 30.3 Å². The standard InChI is InChI=1S/C10H11N4O2PS/c1-2-16-17(15)13-14-9(11-12-10(14)18-17)8-6-4-3-5-7-8/h3-7H,2H2,1H3,(H,13,15). The minimum atomic E-state index is -2.92. The molecule has 1 aliphatic heterocycles. The molecule has 0 spiro atoms. The molecule has 2 aromatic rings. The number of aromatic nitrogens is 3. The van der Waals surface area contributed by atoms with E-state index in [2.05, 4.69) is 15.4 Å². The van der Waals surface area contributed by atoms with Crippen molar-refractivity contribution in [3.8, 4) is 11.4 Å². The zero-order valence-electron chi connectivity index (χ0n) is 9.61. The molecule has 94 valence electrons. The molecule has 3 rings (SSSR count). The molecule has 0 saturated heterocycles. The Morgan fingerprint density at radius 2 is 2.17 bits per heavy atom. The van der Waals surface area contributed by atoms with Gasteiger partial charge in [0.1, 0.15) is 0 Å². The van der Waals surface area contributed by atoms with Crippen LogP contribution in [0.3, 0.4) is 0 Å². The third kappa shape index (κ3) is 1.94. The van der Waals surface area contributed by atoms with Crippen LogP contribution in [0.4, 0.5) is 0 Å². The molecule has 1 N–H and O–H groups in total. The van der Waals surface area contributed by atoms with E-state index >= 15 is 0 Å². The summed E-state index contributed by atoms with van der Waals surface area (Å²) in [7, 11) is 0. The summed E-state index contributed by atoms with van der Waals surface area (Å²) >= 11 is 1.09. The molecule has 1 aromatic heterocycles. The quantitative estimate of drug-likeness (QED) is 0.873. The van der Waals surface area contributed by atoms with E-state index in [0.29, 0.717) is 17.6 Å². The lowest BCUT2D eigenvalue weighted by atomic mass is 10.2. The van der Waals surface area contributed by atoms with Gasteiger partial charge in [-0.2, -0.15) is 0 Å². The van der Waals surface area contributed by atoms with Crippen molar-refractivity contribution in [2.24, 2.45) is 0 Å². The second kappa shape index (κ2) is 4.42. The largest absolute Gasteiger partial charge is 0.372 e. The molecule has 1 aromatic carbocycles. The zero-order chi connectivity index (χ0) is 12.6. The average molecular weight is 282 g/mol. The monoisotopic (exact) mass is 282 g/mol. The summed E-state index contributed by atoms with van der Waals surface area (Å²) in [4.78, 5) is 0. The second-order valence-corrected chi connectivity index (χ2v) is 7.60. The highest BCUT2D eigenvalue weighted by molar-refractivity contribution is 8.57. The third-order valence-corrected chi connectivity index (χ3v) is 5.87. The lowest BCUT2D eigenvalue weighted by Gasteiger charge is -2.11. The van der Waals surface area contributed by atoms with E-state index in [-0.39, 0.29) is 0 Å². The van der Waals surface area contributed by atoms with Crippen LogP contribution in [0.25, 0.3) is 11.4 Å². The lowest BCUT2D eigenvalue weighted by Crippen LogP contribution is -2.08. The number of rotatable bonds is 3. The van der Waals surface area contributed by atoms with Gasteiger partial charge in [-0.25, -0.2) is 9.87 Å². The summed E-state index contributed by atoms with van der Waals surface area (Å²) in [5.74, 6) is 0.635. The SMILES string of the molecule is CCOP1(=O)Nn2c(nnc2-c2ccccc2)S1. The minimum absolute atomic E-state index is 0.385. The Balaban J connectivity index is 1.98. The molecule has 0 bridgehead atoms. The molecule has 1 unspecified atom stereocenters. The number of hydrogen-bond acceptors (Lipinski definition) is 5. The van der Waals surface area contributed by atoms with Crippen LogP contribution in [-0.2, 0) is 9.09 Å². The van der Waals surface area contributed by atoms with E-state index in [1.165, 1.54) is 0 Å². The minimum Gasteiger partial charge on any atom is -0.305 e. The molecule has 0 radical (unpaired) electrons. The fraction of sp³-hybridized carbons (Fsp3) is 0.200. The topological polar surface area (TPSA) is 69.0 Å². The van der Waals surface area contributed by atoms with Crippen LogP contribution in [0.2, 0.25) is 0 Å². The van der Waals surface area contributed by atoms with Crippen molar-refractivity contribution in [1.82, 2.24) is 14.9 Å². The van der Waals surface area contributed by atoms with Gasteiger partial charge in [0.15, 0.2) is 5.82 Å². The van der Waals surface area contributed by atoms with Crippen LogP contribution < -0.4 is 5.20 Å². The van der Waals surface area contributed by atoms with E-state index in [1.54, 1.807) is 11.6 Å². The predicted octanol–water partition coefficient (Wildman–Crippen LogP) is 2.74. The molecular formula is C10H11N4O2PS. The van der Waals surface area contributed by atoms with Crippen LogP contribution in [0.15, 0.2) is 35.5 Å².